The number of likely N-dealkylation sites (tertiary alicyclic amines) is 1. The van der Waals surface area contributed by atoms with E-state index in [4.69, 9.17) is 5.73 Å². The van der Waals surface area contributed by atoms with Gasteiger partial charge in [0, 0.05) is 19.1 Å². The van der Waals surface area contributed by atoms with Crippen LogP contribution in [0.5, 0.6) is 0 Å². The van der Waals surface area contributed by atoms with Crippen LogP contribution in [0.4, 0.5) is 0 Å². The molecule has 5 N–H and O–H groups in total. The van der Waals surface area contributed by atoms with Gasteiger partial charge in [-0.05, 0) is 82.1 Å². The number of amides is 3. The van der Waals surface area contributed by atoms with Gasteiger partial charge in [0.25, 0.3) is 0 Å². The smallest absolute Gasteiger partial charge is 0.242 e. The third kappa shape index (κ3) is 4.64. The summed E-state index contributed by atoms with van der Waals surface area (Å²) in [4.78, 5) is 38.7. The fourth-order valence-corrected chi connectivity index (χ4v) is 6.65. The van der Waals surface area contributed by atoms with E-state index in [1.54, 1.807) is 6.92 Å². The summed E-state index contributed by atoms with van der Waals surface area (Å²) in [7, 11) is 0. The number of rotatable bonds is 8. The quantitative estimate of drug-likeness (QED) is 0.441. The minimum absolute atomic E-state index is 0.0894. The van der Waals surface area contributed by atoms with E-state index in [2.05, 4.69) is 20.9 Å². The fraction of sp³-hybridized carbons (Fsp3) is 0.864. The van der Waals surface area contributed by atoms with Gasteiger partial charge in [0.15, 0.2) is 0 Å². The zero-order chi connectivity index (χ0) is 21.3. The zero-order valence-corrected chi connectivity index (χ0v) is 18.1. The van der Waals surface area contributed by atoms with Crippen LogP contribution in [0, 0.1) is 23.7 Å². The minimum atomic E-state index is -0.615. The number of carbonyl (C=O) groups is 3. The highest BCUT2D eigenvalue weighted by molar-refractivity contribution is 5.87. The van der Waals surface area contributed by atoms with E-state index < -0.39 is 6.04 Å². The van der Waals surface area contributed by atoms with Gasteiger partial charge in [0.2, 0.25) is 17.7 Å². The molecule has 0 radical (unpaired) electrons. The summed E-state index contributed by atoms with van der Waals surface area (Å²) < 4.78 is 0. The fourth-order valence-electron chi connectivity index (χ4n) is 6.65. The Hall–Kier alpha value is -1.67. The van der Waals surface area contributed by atoms with Gasteiger partial charge in [-0.25, -0.2) is 0 Å². The van der Waals surface area contributed by atoms with E-state index in [-0.39, 0.29) is 30.3 Å². The summed E-state index contributed by atoms with van der Waals surface area (Å²) in [6.45, 7) is 3.49. The number of nitrogens with zero attached hydrogens (tertiary/aromatic N) is 1. The summed E-state index contributed by atoms with van der Waals surface area (Å²) in [6.07, 6.45) is 8.53. The molecule has 5 rings (SSSR count). The van der Waals surface area contributed by atoms with Gasteiger partial charge >= 0.3 is 0 Å². The highest BCUT2D eigenvalue weighted by atomic mass is 16.2. The summed E-state index contributed by atoms with van der Waals surface area (Å²) in [5, 5.41) is 8.86. The molecule has 0 aromatic heterocycles. The van der Waals surface area contributed by atoms with Gasteiger partial charge in [-0.3, -0.25) is 19.3 Å². The number of carbonyl (C=O) groups excluding carboxylic acids is 3. The monoisotopic (exact) mass is 419 g/mol. The van der Waals surface area contributed by atoms with Gasteiger partial charge in [0.05, 0.1) is 12.6 Å². The van der Waals surface area contributed by atoms with Crippen LogP contribution in [-0.2, 0) is 14.4 Å². The van der Waals surface area contributed by atoms with Crippen molar-refractivity contribution in [3.05, 3.63) is 0 Å². The lowest BCUT2D eigenvalue weighted by Gasteiger charge is -2.54. The molecule has 8 heteroatoms. The van der Waals surface area contributed by atoms with Crippen LogP contribution in [0.3, 0.4) is 0 Å². The summed E-state index contributed by atoms with van der Waals surface area (Å²) in [5.74, 6) is 2.78. The highest BCUT2D eigenvalue weighted by Gasteiger charge is 2.49. The Balaban J connectivity index is 1.23. The highest BCUT2D eigenvalue weighted by Crippen LogP contribution is 2.53. The average molecular weight is 420 g/mol. The first-order valence-corrected chi connectivity index (χ1v) is 11.8. The van der Waals surface area contributed by atoms with Crippen molar-refractivity contribution < 1.29 is 14.4 Å². The molecule has 8 nitrogen and oxygen atoms in total. The maximum Gasteiger partial charge on any atom is 0.242 e. The molecule has 0 aromatic carbocycles. The lowest BCUT2D eigenvalue weighted by molar-refractivity contribution is -0.129. The molecule has 5 aliphatic rings. The van der Waals surface area contributed by atoms with Gasteiger partial charge in [0.1, 0.15) is 6.04 Å². The molecule has 168 valence electrons. The molecular formula is C22H37N5O3. The largest absolute Gasteiger partial charge is 0.353 e. The van der Waals surface area contributed by atoms with E-state index in [0.29, 0.717) is 31.0 Å². The second-order valence-corrected chi connectivity index (χ2v) is 9.94. The van der Waals surface area contributed by atoms with Crippen LogP contribution < -0.4 is 21.7 Å². The summed E-state index contributed by atoms with van der Waals surface area (Å²) in [5.41, 5.74) is 5.26. The SMILES string of the molecule is C[C@H](NC(=O)CN)C(=O)NCCN1CCCC1C(=O)NC1C2CC3CC(C2)CC1C3. The van der Waals surface area contributed by atoms with Crippen molar-refractivity contribution in [3.63, 3.8) is 0 Å². The number of hydrogen-bond acceptors (Lipinski definition) is 5. The standard InChI is InChI=1S/C22H37N5O3/c1-13(25-19(28)12-23)21(29)24-4-6-27-5-2-3-18(27)22(30)26-20-16-8-14-7-15(10-16)11-17(20)9-14/h13-18,20H,2-12,23H2,1H3,(H,24,29)(H,25,28)(H,26,30)/t13-,14?,15?,16?,17?,18?,20?/m0/s1. The normalized spacial score (nSPS) is 35.8. The van der Waals surface area contributed by atoms with Crippen LogP contribution in [0.25, 0.3) is 0 Å². The van der Waals surface area contributed by atoms with E-state index in [1.165, 1.54) is 32.1 Å². The Morgan fingerprint density at radius 3 is 2.37 bits per heavy atom. The van der Waals surface area contributed by atoms with Crippen LogP contribution in [0.15, 0.2) is 0 Å². The van der Waals surface area contributed by atoms with Crippen LogP contribution in [0.2, 0.25) is 0 Å². The Bertz CT molecular complexity index is 641. The number of nitrogens with two attached hydrogens (primary N) is 1. The third-order valence-corrected chi connectivity index (χ3v) is 7.86. The van der Waals surface area contributed by atoms with Gasteiger partial charge in [-0.1, -0.05) is 0 Å². The lowest BCUT2D eigenvalue weighted by Crippen LogP contribution is -2.58. The third-order valence-electron chi connectivity index (χ3n) is 7.86. The Morgan fingerprint density at radius 1 is 1.07 bits per heavy atom. The molecule has 1 unspecified atom stereocenters. The average Bonchev–Trinajstić information content (AvgIpc) is 3.18. The van der Waals surface area contributed by atoms with Crippen LogP contribution in [-0.4, -0.2) is 66.9 Å². The Kier molecular flexibility index (Phi) is 6.63. The van der Waals surface area contributed by atoms with Crippen LogP contribution in [0.1, 0.15) is 51.9 Å². The van der Waals surface area contributed by atoms with Crippen molar-refractivity contribution in [1.29, 1.82) is 0 Å². The van der Waals surface area contributed by atoms with Gasteiger partial charge < -0.3 is 21.7 Å². The van der Waals surface area contributed by atoms with E-state index in [1.807, 2.05) is 0 Å². The summed E-state index contributed by atoms with van der Waals surface area (Å²) >= 11 is 0. The Labute approximate surface area is 179 Å². The van der Waals surface area contributed by atoms with E-state index in [9.17, 15) is 14.4 Å². The molecule has 3 amide bonds. The topological polar surface area (TPSA) is 117 Å². The molecule has 4 bridgehead atoms. The van der Waals surface area contributed by atoms with Crippen molar-refractivity contribution in [2.24, 2.45) is 29.4 Å². The van der Waals surface area contributed by atoms with Gasteiger partial charge in [-0.15, -0.1) is 0 Å². The molecule has 30 heavy (non-hydrogen) atoms. The predicted octanol–water partition coefficient (Wildman–Crippen LogP) is -0.0287. The maximum absolute atomic E-state index is 13.1. The van der Waals surface area contributed by atoms with E-state index >= 15 is 0 Å². The first-order chi connectivity index (χ1) is 14.4. The molecule has 1 heterocycles. The molecule has 0 spiro atoms. The van der Waals surface area contributed by atoms with E-state index in [0.717, 1.165) is 31.2 Å². The number of hydrogen-bond donors (Lipinski definition) is 4. The molecule has 1 saturated heterocycles. The molecule has 2 atom stereocenters. The molecule has 5 fully saturated rings. The predicted molar refractivity (Wildman–Crippen MR) is 113 cm³/mol. The Morgan fingerprint density at radius 2 is 1.73 bits per heavy atom. The maximum atomic E-state index is 13.1. The molecule has 4 aliphatic carbocycles. The van der Waals surface area contributed by atoms with Crippen molar-refractivity contribution >= 4 is 17.7 Å². The minimum Gasteiger partial charge on any atom is -0.353 e. The van der Waals surface area contributed by atoms with Crippen molar-refractivity contribution in [2.45, 2.75) is 70.0 Å². The molecule has 1 aliphatic heterocycles. The number of nitrogens with one attached hydrogen (secondary N) is 3. The molecule has 4 saturated carbocycles. The second-order valence-electron chi connectivity index (χ2n) is 9.94. The lowest BCUT2D eigenvalue weighted by atomic mass is 9.54. The van der Waals surface area contributed by atoms with Gasteiger partial charge in [-0.2, -0.15) is 0 Å². The summed E-state index contributed by atoms with van der Waals surface area (Å²) in [6, 6.07) is -0.330. The molecular weight excluding hydrogens is 382 g/mol. The first kappa shape index (κ1) is 21.6. The molecule has 0 aromatic rings. The van der Waals surface area contributed by atoms with Crippen molar-refractivity contribution in [1.82, 2.24) is 20.9 Å². The zero-order valence-electron chi connectivity index (χ0n) is 18.1. The van der Waals surface area contributed by atoms with Crippen molar-refractivity contribution in [3.8, 4) is 0 Å². The second kappa shape index (κ2) is 9.22. The first-order valence-electron chi connectivity index (χ1n) is 11.8. The van der Waals surface area contributed by atoms with Crippen LogP contribution >= 0.6 is 0 Å². The van der Waals surface area contributed by atoms with Crippen molar-refractivity contribution in [2.75, 3.05) is 26.2 Å².